The van der Waals surface area contributed by atoms with Gasteiger partial charge in [0, 0.05) is 44.5 Å². The Balaban J connectivity index is 2.38. The average Bonchev–Trinajstić information content (AvgIpc) is 2.36. The highest BCUT2D eigenvalue weighted by Crippen LogP contribution is 2.28. The van der Waals surface area contributed by atoms with E-state index in [0.29, 0.717) is 6.04 Å². The first-order valence-electron chi connectivity index (χ1n) is 7.86. The number of piperidine rings is 1. The van der Waals surface area contributed by atoms with Crippen LogP contribution in [0.1, 0.15) is 47.0 Å². The number of hydrogen-bond donors (Lipinski definition) is 2. The van der Waals surface area contributed by atoms with Gasteiger partial charge in [-0.1, -0.05) is 0 Å². The van der Waals surface area contributed by atoms with Crippen LogP contribution in [0.3, 0.4) is 0 Å². The maximum atomic E-state index is 5.45. The molecule has 2 N–H and O–H groups in total. The maximum absolute atomic E-state index is 5.45. The maximum Gasteiger partial charge on any atom is 0.500 e. The van der Waals surface area contributed by atoms with Gasteiger partial charge >= 0.3 is 8.80 Å². The lowest BCUT2D eigenvalue weighted by molar-refractivity contribution is 0.121. The summed E-state index contributed by atoms with van der Waals surface area (Å²) in [6.45, 7) is 10.1. The minimum Gasteiger partial charge on any atom is -0.377 e. The SMILES string of the molecule is CO[Si](CCCNC1CC(C)(C)NC(C)(C)C1)(OC)OC. The predicted molar refractivity (Wildman–Crippen MR) is 88.5 cm³/mol. The van der Waals surface area contributed by atoms with E-state index in [1.165, 1.54) is 0 Å². The number of rotatable bonds is 8. The molecule has 0 spiro atoms. The smallest absolute Gasteiger partial charge is 0.377 e. The van der Waals surface area contributed by atoms with Crippen LogP contribution in [-0.2, 0) is 13.3 Å². The monoisotopic (exact) mass is 318 g/mol. The Morgan fingerprint density at radius 2 is 1.48 bits per heavy atom. The van der Waals surface area contributed by atoms with E-state index in [1.54, 1.807) is 21.3 Å². The lowest BCUT2D eigenvalue weighted by atomic mass is 9.79. The molecule has 1 rings (SSSR count). The molecule has 1 aliphatic heterocycles. The first kappa shape index (κ1) is 19.1. The van der Waals surface area contributed by atoms with E-state index in [0.717, 1.165) is 31.9 Å². The number of nitrogens with one attached hydrogen (secondary N) is 2. The molecule has 126 valence electrons. The largest absolute Gasteiger partial charge is 0.500 e. The van der Waals surface area contributed by atoms with Crippen molar-refractivity contribution in [3.8, 4) is 0 Å². The van der Waals surface area contributed by atoms with E-state index in [4.69, 9.17) is 13.3 Å². The van der Waals surface area contributed by atoms with E-state index in [2.05, 4.69) is 38.3 Å². The molecule has 0 aromatic rings. The minimum atomic E-state index is -2.41. The Labute approximate surface area is 131 Å². The molecule has 0 aromatic heterocycles. The minimum absolute atomic E-state index is 0.184. The second kappa shape index (κ2) is 7.52. The molecule has 0 atom stereocenters. The van der Waals surface area contributed by atoms with Crippen LogP contribution >= 0.6 is 0 Å². The van der Waals surface area contributed by atoms with Gasteiger partial charge in [-0.15, -0.1) is 0 Å². The third-order valence-corrected chi connectivity index (χ3v) is 7.05. The van der Waals surface area contributed by atoms with Crippen LogP contribution in [0.25, 0.3) is 0 Å². The third-order valence-electron chi connectivity index (χ3n) is 4.22. The first-order chi connectivity index (χ1) is 9.67. The highest BCUT2D eigenvalue weighted by Gasteiger charge is 2.38. The van der Waals surface area contributed by atoms with Crippen molar-refractivity contribution >= 4 is 8.80 Å². The fourth-order valence-corrected chi connectivity index (χ4v) is 5.36. The molecule has 1 saturated heterocycles. The van der Waals surface area contributed by atoms with Gasteiger partial charge in [-0.3, -0.25) is 0 Å². The number of hydrogen-bond acceptors (Lipinski definition) is 5. The zero-order valence-corrected chi connectivity index (χ0v) is 15.8. The van der Waals surface area contributed by atoms with Crippen molar-refractivity contribution in [3.63, 3.8) is 0 Å². The van der Waals surface area contributed by atoms with Crippen LogP contribution in [0.2, 0.25) is 6.04 Å². The second-order valence-corrected chi connectivity index (χ2v) is 10.4. The fraction of sp³-hybridized carbons (Fsp3) is 1.00. The molecule has 0 saturated carbocycles. The van der Waals surface area contributed by atoms with Crippen LogP contribution in [0, 0.1) is 0 Å². The summed E-state index contributed by atoms with van der Waals surface area (Å²) >= 11 is 0. The summed E-state index contributed by atoms with van der Waals surface area (Å²) in [6.07, 6.45) is 3.31. The van der Waals surface area contributed by atoms with E-state index in [1.807, 2.05) is 0 Å². The van der Waals surface area contributed by atoms with Gasteiger partial charge in [0.15, 0.2) is 0 Å². The summed E-state index contributed by atoms with van der Waals surface area (Å²) in [6, 6.07) is 1.40. The van der Waals surface area contributed by atoms with Gasteiger partial charge in [0.25, 0.3) is 0 Å². The summed E-state index contributed by atoms with van der Waals surface area (Å²) in [7, 11) is 2.60. The highest BCUT2D eigenvalue weighted by molar-refractivity contribution is 6.60. The van der Waals surface area contributed by atoms with Crippen molar-refractivity contribution in [2.24, 2.45) is 0 Å². The van der Waals surface area contributed by atoms with Crippen LogP contribution < -0.4 is 10.6 Å². The van der Waals surface area contributed by atoms with E-state index in [9.17, 15) is 0 Å². The van der Waals surface area contributed by atoms with Crippen LogP contribution in [0.4, 0.5) is 0 Å². The Kier molecular flexibility index (Phi) is 6.83. The Morgan fingerprint density at radius 1 is 1.00 bits per heavy atom. The molecule has 0 bridgehead atoms. The third kappa shape index (κ3) is 5.96. The molecule has 1 aliphatic rings. The summed E-state index contributed by atoms with van der Waals surface area (Å²) in [5.41, 5.74) is 0.368. The first-order valence-corrected chi connectivity index (χ1v) is 9.79. The van der Waals surface area contributed by atoms with E-state index < -0.39 is 8.80 Å². The molecular weight excluding hydrogens is 284 g/mol. The van der Waals surface area contributed by atoms with E-state index >= 15 is 0 Å². The quantitative estimate of drug-likeness (QED) is 0.530. The Bertz CT molecular complexity index is 296. The fourth-order valence-electron chi connectivity index (χ4n) is 3.63. The van der Waals surface area contributed by atoms with Gasteiger partial charge in [-0.2, -0.15) is 0 Å². The molecule has 1 fully saturated rings. The lowest BCUT2D eigenvalue weighted by Crippen LogP contribution is -2.61. The van der Waals surface area contributed by atoms with Gasteiger partial charge in [0.1, 0.15) is 0 Å². The summed E-state index contributed by atoms with van der Waals surface area (Å²) < 4.78 is 16.4. The molecule has 5 nitrogen and oxygen atoms in total. The average molecular weight is 319 g/mol. The van der Waals surface area contributed by atoms with Crippen molar-refractivity contribution in [1.82, 2.24) is 10.6 Å². The summed E-state index contributed by atoms with van der Waals surface area (Å²) in [5.74, 6) is 0. The van der Waals surface area contributed by atoms with Crippen LogP contribution in [0.15, 0.2) is 0 Å². The van der Waals surface area contributed by atoms with Crippen molar-refractivity contribution in [2.75, 3.05) is 27.9 Å². The molecule has 0 aliphatic carbocycles. The molecule has 0 radical (unpaired) electrons. The predicted octanol–water partition coefficient (Wildman–Crippen LogP) is 2.15. The molecule has 6 heteroatoms. The van der Waals surface area contributed by atoms with Crippen molar-refractivity contribution in [2.45, 2.75) is 70.1 Å². The highest BCUT2D eigenvalue weighted by atomic mass is 28.4. The summed E-state index contributed by atoms with van der Waals surface area (Å²) in [4.78, 5) is 0. The summed E-state index contributed by atoms with van der Waals surface area (Å²) in [5, 5.41) is 7.40. The topological polar surface area (TPSA) is 51.8 Å². The van der Waals surface area contributed by atoms with E-state index in [-0.39, 0.29) is 11.1 Å². The van der Waals surface area contributed by atoms with Gasteiger partial charge in [0.2, 0.25) is 0 Å². The standard InChI is InChI=1S/C15H34N2O3Si/c1-14(2)11-13(12-15(3,4)17-14)16-9-8-10-21(18-5,19-6)20-7/h13,16-17H,8-12H2,1-7H3. The molecule has 0 unspecified atom stereocenters. The van der Waals surface area contributed by atoms with Crippen molar-refractivity contribution in [1.29, 1.82) is 0 Å². The van der Waals surface area contributed by atoms with Crippen LogP contribution in [0.5, 0.6) is 0 Å². The normalized spacial score (nSPS) is 22.4. The van der Waals surface area contributed by atoms with Crippen molar-refractivity contribution < 1.29 is 13.3 Å². The van der Waals surface area contributed by atoms with Gasteiger partial charge in [0.05, 0.1) is 0 Å². The Morgan fingerprint density at radius 3 is 1.90 bits per heavy atom. The molecule has 0 aromatic carbocycles. The van der Waals surface area contributed by atoms with Gasteiger partial charge < -0.3 is 23.9 Å². The molecular formula is C15H34N2O3Si. The molecule has 21 heavy (non-hydrogen) atoms. The van der Waals surface area contributed by atoms with Crippen molar-refractivity contribution in [3.05, 3.63) is 0 Å². The van der Waals surface area contributed by atoms with Gasteiger partial charge in [-0.05, 0) is 53.5 Å². The zero-order valence-electron chi connectivity index (χ0n) is 14.8. The Hall–Kier alpha value is 0.0169. The zero-order chi connectivity index (χ0) is 16.1. The van der Waals surface area contributed by atoms with Crippen LogP contribution in [-0.4, -0.2) is 53.8 Å². The second-order valence-electron chi connectivity index (χ2n) is 7.35. The van der Waals surface area contributed by atoms with Gasteiger partial charge in [-0.25, -0.2) is 0 Å². The molecule has 0 amide bonds. The molecule has 1 heterocycles. The lowest BCUT2D eigenvalue weighted by Gasteiger charge is -2.46.